The Labute approximate surface area is 179 Å². The van der Waals surface area contributed by atoms with E-state index in [2.05, 4.69) is 11.0 Å². The van der Waals surface area contributed by atoms with Gasteiger partial charge in [-0.1, -0.05) is 29.3 Å². The summed E-state index contributed by atoms with van der Waals surface area (Å²) in [6, 6.07) is 9.37. The molecule has 4 rings (SSSR count). The number of hydrogen-bond donors (Lipinski definition) is 0. The lowest BCUT2D eigenvalue weighted by atomic mass is 9.91. The van der Waals surface area contributed by atoms with Gasteiger partial charge in [0.05, 0.1) is 12.7 Å². The summed E-state index contributed by atoms with van der Waals surface area (Å²) in [5.74, 6) is 0.874. The van der Waals surface area contributed by atoms with Crippen LogP contribution >= 0.6 is 11.6 Å². The SMILES string of the molecule is COc1ccc(Cl)c2c1CCC(CN1CCN(c3cccc(C(F)(F)F)c3)CC1)=C2. The third kappa shape index (κ3) is 4.44. The molecule has 1 aliphatic heterocycles. The van der Waals surface area contributed by atoms with E-state index in [-0.39, 0.29) is 0 Å². The zero-order valence-corrected chi connectivity index (χ0v) is 17.6. The van der Waals surface area contributed by atoms with E-state index in [4.69, 9.17) is 16.3 Å². The van der Waals surface area contributed by atoms with Crippen molar-refractivity contribution in [1.82, 2.24) is 4.90 Å². The molecule has 0 saturated carbocycles. The van der Waals surface area contributed by atoms with Crippen LogP contribution in [0.25, 0.3) is 6.08 Å². The van der Waals surface area contributed by atoms with Crippen LogP contribution in [0.5, 0.6) is 5.75 Å². The number of anilines is 1. The maximum absolute atomic E-state index is 13.0. The lowest BCUT2D eigenvalue weighted by molar-refractivity contribution is -0.137. The van der Waals surface area contributed by atoms with E-state index >= 15 is 0 Å². The van der Waals surface area contributed by atoms with Gasteiger partial charge in [0, 0.05) is 49.0 Å². The van der Waals surface area contributed by atoms with Crippen molar-refractivity contribution >= 4 is 23.4 Å². The molecule has 30 heavy (non-hydrogen) atoms. The second kappa shape index (κ2) is 8.52. The van der Waals surface area contributed by atoms with Crippen LogP contribution in [-0.2, 0) is 12.6 Å². The second-order valence-corrected chi connectivity index (χ2v) is 8.16. The Kier molecular flexibility index (Phi) is 5.98. The zero-order valence-electron chi connectivity index (χ0n) is 16.8. The van der Waals surface area contributed by atoms with Crippen molar-refractivity contribution in [3.05, 3.63) is 63.7 Å². The molecule has 160 valence electrons. The minimum absolute atomic E-state index is 0.597. The quantitative estimate of drug-likeness (QED) is 0.627. The maximum Gasteiger partial charge on any atom is 0.416 e. The number of hydrogen-bond acceptors (Lipinski definition) is 3. The number of methoxy groups -OCH3 is 1. The van der Waals surface area contributed by atoms with E-state index < -0.39 is 11.7 Å². The highest BCUT2D eigenvalue weighted by Crippen LogP contribution is 2.36. The highest BCUT2D eigenvalue weighted by Gasteiger charge is 2.31. The van der Waals surface area contributed by atoms with Crippen molar-refractivity contribution in [3.63, 3.8) is 0 Å². The Bertz CT molecular complexity index is 950. The molecule has 7 heteroatoms. The minimum atomic E-state index is -4.31. The number of fused-ring (bicyclic) bond motifs is 1. The molecule has 1 aliphatic carbocycles. The Morgan fingerprint density at radius 3 is 2.50 bits per heavy atom. The van der Waals surface area contributed by atoms with Gasteiger partial charge in [-0.05, 0) is 48.7 Å². The van der Waals surface area contributed by atoms with Gasteiger partial charge in [-0.25, -0.2) is 0 Å². The fourth-order valence-electron chi connectivity index (χ4n) is 4.24. The fourth-order valence-corrected chi connectivity index (χ4v) is 4.47. The van der Waals surface area contributed by atoms with Crippen LogP contribution in [0.2, 0.25) is 5.02 Å². The summed E-state index contributed by atoms with van der Waals surface area (Å²) in [5.41, 5.74) is 3.56. The van der Waals surface area contributed by atoms with Gasteiger partial charge in [0.1, 0.15) is 5.75 Å². The Morgan fingerprint density at radius 1 is 1.03 bits per heavy atom. The number of ether oxygens (including phenoxy) is 1. The predicted octanol–water partition coefficient (Wildman–Crippen LogP) is 5.52. The highest BCUT2D eigenvalue weighted by atomic mass is 35.5. The Hall–Kier alpha value is -2.18. The molecular formula is C23H24ClF3N2O. The van der Waals surface area contributed by atoms with Gasteiger partial charge in [-0.2, -0.15) is 13.2 Å². The average molecular weight is 437 g/mol. The van der Waals surface area contributed by atoms with Crippen LogP contribution in [0.3, 0.4) is 0 Å². The molecule has 1 heterocycles. The van der Waals surface area contributed by atoms with E-state index in [0.29, 0.717) is 18.8 Å². The van der Waals surface area contributed by atoms with E-state index in [1.165, 1.54) is 17.7 Å². The number of benzene rings is 2. The van der Waals surface area contributed by atoms with E-state index in [9.17, 15) is 13.2 Å². The van der Waals surface area contributed by atoms with Crippen molar-refractivity contribution < 1.29 is 17.9 Å². The molecule has 0 amide bonds. The van der Waals surface area contributed by atoms with E-state index in [1.54, 1.807) is 13.2 Å². The van der Waals surface area contributed by atoms with Gasteiger partial charge in [0.25, 0.3) is 0 Å². The zero-order chi connectivity index (χ0) is 21.3. The van der Waals surface area contributed by atoms with Crippen molar-refractivity contribution in [2.75, 3.05) is 44.7 Å². The van der Waals surface area contributed by atoms with Crippen molar-refractivity contribution in [2.24, 2.45) is 0 Å². The third-order valence-corrected chi connectivity index (χ3v) is 6.19. The molecular weight excluding hydrogens is 413 g/mol. The largest absolute Gasteiger partial charge is 0.496 e. The molecule has 0 unspecified atom stereocenters. The maximum atomic E-state index is 13.0. The normalized spacial score (nSPS) is 17.5. The molecule has 0 spiro atoms. The van der Waals surface area contributed by atoms with Crippen LogP contribution < -0.4 is 9.64 Å². The lowest BCUT2D eigenvalue weighted by Gasteiger charge is -2.37. The summed E-state index contributed by atoms with van der Waals surface area (Å²) in [4.78, 5) is 4.38. The van der Waals surface area contributed by atoms with E-state index in [1.807, 2.05) is 17.0 Å². The topological polar surface area (TPSA) is 15.7 Å². The minimum Gasteiger partial charge on any atom is -0.496 e. The molecule has 0 aromatic heterocycles. The molecule has 3 nitrogen and oxygen atoms in total. The first-order chi connectivity index (χ1) is 14.3. The molecule has 0 atom stereocenters. The molecule has 2 aromatic carbocycles. The van der Waals surface area contributed by atoms with Gasteiger partial charge < -0.3 is 9.64 Å². The van der Waals surface area contributed by atoms with Gasteiger partial charge in [-0.15, -0.1) is 0 Å². The van der Waals surface area contributed by atoms with Gasteiger partial charge in [-0.3, -0.25) is 4.90 Å². The van der Waals surface area contributed by atoms with Crippen molar-refractivity contribution in [3.8, 4) is 5.75 Å². The second-order valence-electron chi connectivity index (χ2n) is 7.76. The summed E-state index contributed by atoms with van der Waals surface area (Å²) in [5, 5.41) is 0.734. The molecule has 0 bridgehead atoms. The number of piperazine rings is 1. The first-order valence-corrected chi connectivity index (χ1v) is 10.4. The summed E-state index contributed by atoms with van der Waals surface area (Å²) in [6.07, 6.45) is -0.291. The number of alkyl halides is 3. The molecule has 2 aromatic rings. The summed E-state index contributed by atoms with van der Waals surface area (Å²) < 4.78 is 44.4. The summed E-state index contributed by atoms with van der Waals surface area (Å²) in [7, 11) is 1.67. The summed E-state index contributed by atoms with van der Waals surface area (Å²) >= 11 is 6.41. The summed E-state index contributed by atoms with van der Waals surface area (Å²) in [6.45, 7) is 3.89. The van der Waals surface area contributed by atoms with Gasteiger partial charge in [0.15, 0.2) is 0 Å². The first kappa shape index (κ1) is 21.1. The van der Waals surface area contributed by atoms with Gasteiger partial charge >= 0.3 is 6.18 Å². The third-order valence-electron chi connectivity index (χ3n) is 5.86. The monoisotopic (exact) mass is 436 g/mol. The van der Waals surface area contributed by atoms with Crippen molar-refractivity contribution in [2.45, 2.75) is 19.0 Å². The number of halogens is 4. The fraction of sp³-hybridized carbons (Fsp3) is 0.391. The molecule has 0 N–H and O–H groups in total. The van der Waals surface area contributed by atoms with Crippen LogP contribution in [0.4, 0.5) is 18.9 Å². The molecule has 2 aliphatic rings. The predicted molar refractivity (Wildman–Crippen MR) is 114 cm³/mol. The Balaban J connectivity index is 1.40. The number of nitrogens with zero attached hydrogens (tertiary/aromatic N) is 2. The molecule has 1 saturated heterocycles. The number of rotatable bonds is 4. The van der Waals surface area contributed by atoms with E-state index in [0.717, 1.165) is 60.4 Å². The molecule has 1 fully saturated rings. The van der Waals surface area contributed by atoms with Crippen LogP contribution in [0, 0.1) is 0 Å². The average Bonchev–Trinajstić information content (AvgIpc) is 2.74. The standard InChI is InChI=1S/C23H24ClF3N2O/c1-30-22-8-7-21(24)20-13-16(5-6-19(20)22)15-28-9-11-29(12-10-28)18-4-2-3-17(14-18)23(25,26)27/h2-4,7-8,13-14H,5-6,9-12,15H2,1H3. The van der Waals surface area contributed by atoms with Gasteiger partial charge in [0.2, 0.25) is 0 Å². The smallest absolute Gasteiger partial charge is 0.416 e. The first-order valence-electron chi connectivity index (χ1n) is 10.0. The Morgan fingerprint density at radius 2 is 1.80 bits per heavy atom. The molecule has 0 radical (unpaired) electrons. The lowest BCUT2D eigenvalue weighted by Crippen LogP contribution is -2.47. The highest BCUT2D eigenvalue weighted by molar-refractivity contribution is 6.32. The van der Waals surface area contributed by atoms with Crippen molar-refractivity contribution in [1.29, 1.82) is 0 Å². The van der Waals surface area contributed by atoms with Crippen LogP contribution in [-0.4, -0.2) is 44.7 Å². The van der Waals surface area contributed by atoms with Crippen LogP contribution in [0.15, 0.2) is 42.0 Å². The van der Waals surface area contributed by atoms with Crippen LogP contribution in [0.1, 0.15) is 23.1 Å².